The number of nitrogens with zero attached hydrogens (tertiary/aromatic N) is 2. The summed E-state index contributed by atoms with van der Waals surface area (Å²) in [6, 6.07) is 8.08. The van der Waals surface area contributed by atoms with Crippen LogP contribution in [0.1, 0.15) is 38.2 Å². The van der Waals surface area contributed by atoms with E-state index in [-0.39, 0.29) is 29.9 Å². The second-order valence-corrected chi connectivity index (χ2v) is 7.01. The maximum absolute atomic E-state index is 11.6. The highest BCUT2D eigenvalue weighted by Crippen LogP contribution is 2.20. The van der Waals surface area contributed by atoms with E-state index in [0.29, 0.717) is 18.9 Å². The fourth-order valence-electron chi connectivity index (χ4n) is 3.29. The molecule has 28 heavy (non-hydrogen) atoms. The van der Waals surface area contributed by atoms with E-state index in [9.17, 15) is 4.79 Å². The molecule has 0 spiro atoms. The van der Waals surface area contributed by atoms with Crippen LogP contribution in [0.25, 0.3) is 0 Å². The molecule has 0 atom stereocenters. The topological polar surface area (TPSA) is 66.0 Å². The van der Waals surface area contributed by atoms with Gasteiger partial charge in [0, 0.05) is 46.1 Å². The number of carbonyl (C=O) groups excluding carboxylic acids is 1. The summed E-state index contributed by atoms with van der Waals surface area (Å²) in [5, 5.41) is 6.11. The number of guanidine groups is 1. The van der Waals surface area contributed by atoms with Gasteiger partial charge in [0.15, 0.2) is 5.96 Å². The van der Waals surface area contributed by atoms with Gasteiger partial charge in [0.1, 0.15) is 5.75 Å². The number of aryl methyl sites for hydroxylation is 1. The normalized spacial score (nSPS) is 15.0. The van der Waals surface area contributed by atoms with Gasteiger partial charge in [-0.15, -0.1) is 24.0 Å². The summed E-state index contributed by atoms with van der Waals surface area (Å²) in [6.45, 7) is 8.32. The Labute approximate surface area is 186 Å². The minimum atomic E-state index is 0. The summed E-state index contributed by atoms with van der Waals surface area (Å²) < 4.78 is 5.84. The van der Waals surface area contributed by atoms with Gasteiger partial charge in [0.05, 0.1) is 6.61 Å². The van der Waals surface area contributed by atoms with Crippen LogP contribution in [0, 0.1) is 12.8 Å². The zero-order valence-corrected chi connectivity index (χ0v) is 19.7. The van der Waals surface area contributed by atoms with Gasteiger partial charge in [0.25, 0.3) is 0 Å². The van der Waals surface area contributed by atoms with Crippen molar-refractivity contribution in [3.8, 4) is 5.75 Å². The summed E-state index contributed by atoms with van der Waals surface area (Å²) in [6.07, 6.45) is 3.59. The second kappa shape index (κ2) is 13.6. The van der Waals surface area contributed by atoms with Crippen LogP contribution in [0.5, 0.6) is 5.75 Å². The van der Waals surface area contributed by atoms with E-state index in [4.69, 9.17) is 9.73 Å². The Balaban J connectivity index is 0.00000392. The Hall–Kier alpha value is -1.51. The molecule has 0 saturated carbocycles. The van der Waals surface area contributed by atoms with Crippen LogP contribution in [-0.2, 0) is 4.79 Å². The Morgan fingerprint density at radius 1 is 1.29 bits per heavy atom. The Bertz CT molecular complexity index is 616. The predicted octanol–water partition coefficient (Wildman–Crippen LogP) is 3.20. The molecule has 0 radical (unpaired) electrons. The number of ether oxygens (including phenoxy) is 1. The molecule has 1 aliphatic heterocycles. The van der Waals surface area contributed by atoms with Gasteiger partial charge < -0.3 is 20.3 Å². The number of benzene rings is 1. The molecule has 1 aromatic rings. The van der Waals surface area contributed by atoms with Gasteiger partial charge in [0.2, 0.25) is 5.91 Å². The number of amides is 1. The van der Waals surface area contributed by atoms with Crippen molar-refractivity contribution in [2.24, 2.45) is 10.9 Å². The summed E-state index contributed by atoms with van der Waals surface area (Å²) in [4.78, 5) is 18.6. The van der Waals surface area contributed by atoms with Crippen molar-refractivity contribution < 1.29 is 9.53 Å². The number of carbonyl (C=O) groups is 1. The molecule has 1 aromatic carbocycles. The monoisotopic (exact) mass is 502 g/mol. The molecule has 0 unspecified atom stereocenters. The number of para-hydroxylation sites is 1. The number of aliphatic imine (C=N–C) groups is 1. The molecular formula is C21H35IN4O2. The second-order valence-electron chi connectivity index (χ2n) is 7.01. The van der Waals surface area contributed by atoms with E-state index in [0.717, 1.165) is 62.7 Å². The molecule has 1 aliphatic rings. The quantitative estimate of drug-likeness (QED) is 0.248. The lowest BCUT2D eigenvalue weighted by Crippen LogP contribution is -2.46. The molecule has 1 saturated heterocycles. The molecule has 7 heteroatoms. The molecule has 2 N–H and O–H groups in total. The summed E-state index contributed by atoms with van der Waals surface area (Å²) in [5.74, 6) is 2.55. The van der Waals surface area contributed by atoms with Crippen molar-refractivity contribution in [2.75, 3.05) is 39.8 Å². The number of hydrogen-bond donors (Lipinski definition) is 2. The van der Waals surface area contributed by atoms with Crippen LogP contribution in [0.3, 0.4) is 0 Å². The van der Waals surface area contributed by atoms with Crippen LogP contribution < -0.4 is 15.4 Å². The number of halogens is 1. The third-order valence-corrected chi connectivity index (χ3v) is 4.92. The summed E-state index contributed by atoms with van der Waals surface area (Å²) in [5.41, 5.74) is 1.16. The molecule has 6 nitrogen and oxygen atoms in total. The third kappa shape index (κ3) is 8.24. The predicted molar refractivity (Wildman–Crippen MR) is 126 cm³/mol. The lowest BCUT2D eigenvalue weighted by Gasteiger charge is -2.34. The molecular weight excluding hydrogens is 467 g/mol. The van der Waals surface area contributed by atoms with Gasteiger partial charge in [-0.05, 0) is 44.2 Å². The Kier molecular flexibility index (Phi) is 11.9. The van der Waals surface area contributed by atoms with Crippen LogP contribution >= 0.6 is 24.0 Å². The van der Waals surface area contributed by atoms with Crippen molar-refractivity contribution in [1.82, 2.24) is 15.5 Å². The van der Waals surface area contributed by atoms with Crippen molar-refractivity contribution in [3.63, 3.8) is 0 Å². The van der Waals surface area contributed by atoms with E-state index < -0.39 is 0 Å². The smallest absolute Gasteiger partial charge is 0.220 e. The number of hydrogen-bond acceptors (Lipinski definition) is 3. The average Bonchev–Trinajstić information content (AvgIpc) is 2.69. The fraction of sp³-hybridized carbons (Fsp3) is 0.619. The van der Waals surface area contributed by atoms with Crippen molar-refractivity contribution in [1.29, 1.82) is 0 Å². The van der Waals surface area contributed by atoms with Crippen molar-refractivity contribution in [2.45, 2.75) is 39.5 Å². The average molecular weight is 502 g/mol. The highest BCUT2D eigenvalue weighted by Gasteiger charge is 2.22. The van der Waals surface area contributed by atoms with Crippen LogP contribution in [0.15, 0.2) is 29.3 Å². The molecule has 158 valence electrons. The third-order valence-electron chi connectivity index (χ3n) is 4.92. The standard InChI is InChI=1S/C21H34N4O2.HI/c1-4-23-21(25-13-10-18(11-14-25)16-20(26)22-3)24-12-7-15-27-19-9-6-5-8-17(19)2;/h5-6,8-9,18H,4,7,10-16H2,1-3H3,(H,22,26)(H,23,24);1H. The highest BCUT2D eigenvalue weighted by molar-refractivity contribution is 14.0. The lowest BCUT2D eigenvalue weighted by molar-refractivity contribution is -0.121. The van der Waals surface area contributed by atoms with Gasteiger partial charge in [-0.25, -0.2) is 0 Å². The van der Waals surface area contributed by atoms with Crippen LogP contribution in [0.4, 0.5) is 0 Å². The Morgan fingerprint density at radius 2 is 2.00 bits per heavy atom. The van der Waals surface area contributed by atoms with Gasteiger partial charge in [-0.1, -0.05) is 18.2 Å². The lowest BCUT2D eigenvalue weighted by atomic mass is 9.93. The first-order chi connectivity index (χ1) is 13.1. The van der Waals surface area contributed by atoms with Crippen LogP contribution in [-0.4, -0.2) is 56.6 Å². The number of nitrogens with one attached hydrogen (secondary N) is 2. The zero-order chi connectivity index (χ0) is 19.5. The molecule has 0 bridgehead atoms. The SMILES string of the molecule is CCNC(=NCCCOc1ccccc1C)N1CCC(CC(=O)NC)CC1.I. The van der Waals surface area contributed by atoms with Crippen LogP contribution in [0.2, 0.25) is 0 Å². The summed E-state index contributed by atoms with van der Waals surface area (Å²) in [7, 11) is 1.70. The minimum Gasteiger partial charge on any atom is -0.493 e. The largest absolute Gasteiger partial charge is 0.493 e. The maximum Gasteiger partial charge on any atom is 0.220 e. The molecule has 2 rings (SSSR count). The van der Waals surface area contributed by atoms with Crippen molar-refractivity contribution in [3.05, 3.63) is 29.8 Å². The maximum atomic E-state index is 11.6. The van der Waals surface area contributed by atoms with Gasteiger partial charge >= 0.3 is 0 Å². The van der Waals surface area contributed by atoms with Gasteiger partial charge in [-0.3, -0.25) is 9.79 Å². The van der Waals surface area contributed by atoms with Crippen molar-refractivity contribution >= 4 is 35.8 Å². The Morgan fingerprint density at radius 3 is 2.64 bits per heavy atom. The zero-order valence-electron chi connectivity index (χ0n) is 17.4. The first-order valence-electron chi connectivity index (χ1n) is 10.1. The van der Waals surface area contributed by atoms with Gasteiger partial charge in [-0.2, -0.15) is 0 Å². The highest BCUT2D eigenvalue weighted by atomic mass is 127. The van der Waals surface area contributed by atoms with E-state index >= 15 is 0 Å². The molecule has 1 fully saturated rings. The fourth-order valence-corrected chi connectivity index (χ4v) is 3.29. The minimum absolute atomic E-state index is 0. The molecule has 0 aromatic heterocycles. The number of piperidine rings is 1. The molecule has 1 amide bonds. The van der Waals surface area contributed by atoms with E-state index in [1.807, 2.05) is 18.2 Å². The molecule has 0 aliphatic carbocycles. The van der Waals surface area contributed by atoms with E-state index in [2.05, 4.69) is 35.4 Å². The summed E-state index contributed by atoms with van der Waals surface area (Å²) >= 11 is 0. The first-order valence-corrected chi connectivity index (χ1v) is 10.1. The number of likely N-dealkylation sites (tertiary alicyclic amines) is 1. The number of rotatable bonds is 8. The van der Waals surface area contributed by atoms with E-state index in [1.165, 1.54) is 0 Å². The van der Waals surface area contributed by atoms with E-state index in [1.54, 1.807) is 7.05 Å². The first kappa shape index (κ1) is 24.5. The molecule has 1 heterocycles.